The zero-order valence-electron chi connectivity index (χ0n) is 10.1. The fraction of sp³-hybridized carbons (Fsp3) is 0.917. The molecule has 0 unspecified atom stereocenters. The lowest BCUT2D eigenvalue weighted by Gasteiger charge is -2.45. The van der Waals surface area contributed by atoms with Gasteiger partial charge in [-0.15, -0.1) is 0 Å². The van der Waals surface area contributed by atoms with E-state index in [1.807, 2.05) is 4.90 Å². The van der Waals surface area contributed by atoms with Gasteiger partial charge in [-0.1, -0.05) is 0 Å². The third-order valence-corrected chi connectivity index (χ3v) is 3.68. The summed E-state index contributed by atoms with van der Waals surface area (Å²) in [5, 5.41) is 0. The fourth-order valence-corrected chi connectivity index (χ4v) is 2.81. The van der Waals surface area contributed by atoms with E-state index in [4.69, 9.17) is 10.5 Å². The van der Waals surface area contributed by atoms with E-state index >= 15 is 0 Å². The molecule has 0 aromatic carbocycles. The summed E-state index contributed by atoms with van der Waals surface area (Å²) in [5.41, 5.74) is 5.60. The SMILES string of the molecule is C[C@@H](N)C(=O)N1CCC[C@]2(CCCCO2)C1. The van der Waals surface area contributed by atoms with Crippen molar-refractivity contribution in [1.82, 2.24) is 4.90 Å². The second kappa shape index (κ2) is 4.72. The zero-order chi connectivity index (χ0) is 11.6. The van der Waals surface area contributed by atoms with E-state index in [0.717, 1.165) is 45.4 Å². The summed E-state index contributed by atoms with van der Waals surface area (Å²) in [7, 11) is 0. The molecule has 0 radical (unpaired) electrons. The Kier molecular flexibility index (Phi) is 3.50. The summed E-state index contributed by atoms with van der Waals surface area (Å²) in [6, 6.07) is -0.390. The second-order valence-electron chi connectivity index (χ2n) is 5.14. The molecule has 2 aliphatic heterocycles. The first-order valence-corrected chi connectivity index (χ1v) is 6.31. The lowest BCUT2D eigenvalue weighted by atomic mass is 9.85. The third kappa shape index (κ3) is 2.38. The van der Waals surface area contributed by atoms with Gasteiger partial charge in [-0.2, -0.15) is 0 Å². The van der Waals surface area contributed by atoms with Crippen molar-refractivity contribution >= 4 is 5.91 Å². The number of nitrogens with two attached hydrogens (primary N) is 1. The van der Waals surface area contributed by atoms with Gasteiger partial charge in [0, 0.05) is 19.7 Å². The highest BCUT2D eigenvalue weighted by Crippen LogP contribution is 2.33. The van der Waals surface area contributed by atoms with Gasteiger partial charge < -0.3 is 15.4 Å². The number of piperidine rings is 1. The van der Waals surface area contributed by atoms with Crippen LogP contribution in [0.5, 0.6) is 0 Å². The average molecular weight is 226 g/mol. The topological polar surface area (TPSA) is 55.6 Å². The lowest BCUT2D eigenvalue weighted by molar-refractivity contribution is -0.149. The highest BCUT2D eigenvalue weighted by molar-refractivity contribution is 5.81. The van der Waals surface area contributed by atoms with Crippen LogP contribution in [0.2, 0.25) is 0 Å². The van der Waals surface area contributed by atoms with Crippen LogP contribution >= 0.6 is 0 Å². The first-order chi connectivity index (χ1) is 7.63. The van der Waals surface area contributed by atoms with E-state index in [1.165, 1.54) is 6.42 Å². The first kappa shape index (κ1) is 11.9. The van der Waals surface area contributed by atoms with E-state index in [1.54, 1.807) is 6.92 Å². The molecule has 2 rings (SSSR count). The van der Waals surface area contributed by atoms with Crippen molar-refractivity contribution in [2.45, 2.75) is 50.7 Å². The molecule has 1 spiro atoms. The molecule has 1 amide bonds. The Morgan fingerprint density at radius 2 is 2.12 bits per heavy atom. The molecule has 0 bridgehead atoms. The van der Waals surface area contributed by atoms with Crippen molar-refractivity contribution in [3.8, 4) is 0 Å². The van der Waals surface area contributed by atoms with Crippen LogP contribution in [0.1, 0.15) is 39.0 Å². The van der Waals surface area contributed by atoms with Crippen LogP contribution in [0.3, 0.4) is 0 Å². The van der Waals surface area contributed by atoms with Crippen LogP contribution in [0.25, 0.3) is 0 Å². The first-order valence-electron chi connectivity index (χ1n) is 6.31. The molecule has 2 aliphatic rings. The minimum atomic E-state index is -0.390. The van der Waals surface area contributed by atoms with Crippen molar-refractivity contribution in [3.05, 3.63) is 0 Å². The predicted molar refractivity (Wildman–Crippen MR) is 62.0 cm³/mol. The summed E-state index contributed by atoms with van der Waals surface area (Å²) in [5.74, 6) is 0.0632. The molecule has 4 nitrogen and oxygen atoms in total. The maximum absolute atomic E-state index is 11.9. The van der Waals surface area contributed by atoms with Gasteiger partial charge >= 0.3 is 0 Å². The molecular formula is C12H22N2O2. The summed E-state index contributed by atoms with van der Waals surface area (Å²) in [4.78, 5) is 13.8. The van der Waals surface area contributed by atoms with Crippen molar-refractivity contribution < 1.29 is 9.53 Å². The minimum absolute atomic E-state index is 0.0545. The Hall–Kier alpha value is -0.610. The number of hydrogen-bond donors (Lipinski definition) is 1. The van der Waals surface area contributed by atoms with Gasteiger partial charge in [0.2, 0.25) is 5.91 Å². The third-order valence-electron chi connectivity index (χ3n) is 3.68. The van der Waals surface area contributed by atoms with Gasteiger partial charge in [0.1, 0.15) is 0 Å². The molecule has 16 heavy (non-hydrogen) atoms. The minimum Gasteiger partial charge on any atom is -0.373 e. The lowest BCUT2D eigenvalue weighted by Crippen LogP contribution is -2.55. The van der Waals surface area contributed by atoms with Gasteiger partial charge in [-0.25, -0.2) is 0 Å². The maximum Gasteiger partial charge on any atom is 0.239 e. The fourth-order valence-electron chi connectivity index (χ4n) is 2.81. The predicted octanol–water partition coefficient (Wildman–Crippen LogP) is 0.895. The number of amides is 1. The Labute approximate surface area is 97.1 Å². The number of nitrogens with zero attached hydrogens (tertiary/aromatic N) is 1. The molecular weight excluding hydrogens is 204 g/mol. The van der Waals surface area contributed by atoms with Crippen molar-refractivity contribution in [3.63, 3.8) is 0 Å². The molecule has 2 saturated heterocycles. The second-order valence-corrected chi connectivity index (χ2v) is 5.14. The normalized spacial score (nSPS) is 32.8. The van der Waals surface area contributed by atoms with E-state index in [0.29, 0.717) is 0 Å². The Balaban J connectivity index is 2.00. The molecule has 2 fully saturated rings. The van der Waals surface area contributed by atoms with Gasteiger partial charge in [0.15, 0.2) is 0 Å². The number of hydrogen-bond acceptors (Lipinski definition) is 3. The van der Waals surface area contributed by atoms with Crippen LogP contribution in [0, 0.1) is 0 Å². The molecule has 2 atom stereocenters. The summed E-state index contributed by atoms with van der Waals surface area (Å²) in [6.07, 6.45) is 5.60. The van der Waals surface area contributed by atoms with Gasteiger partial charge in [0.25, 0.3) is 0 Å². The van der Waals surface area contributed by atoms with E-state index in [9.17, 15) is 4.79 Å². The Morgan fingerprint density at radius 1 is 1.38 bits per heavy atom. The number of carbonyl (C=O) groups excluding carboxylic acids is 1. The maximum atomic E-state index is 11.9. The number of carbonyl (C=O) groups is 1. The van der Waals surface area contributed by atoms with Gasteiger partial charge in [0.05, 0.1) is 11.6 Å². The molecule has 0 saturated carbocycles. The molecule has 0 aliphatic carbocycles. The van der Waals surface area contributed by atoms with Crippen LogP contribution in [0.4, 0.5) is 0 Å². The quantitative estimate of drug-likeness (QED) is 0.722. The Bertz CT molecular complexity index is 254. The molecule has 2 N–H and O–H groups in total. The van der Waals surface area contributed by atoms with Gasteiger partial charge in [-0.05, 0) is 39.0 Å². The van der Waals surface area contributed by atoms with Crippen molar-refractivity contribution in [2.24, 2.45) is 5.73 Å². The van der Waals surface area contributed by atoms with Crippen LogP contribution in [-0.4, -0.2) is 42.1 Å². The number of rotatable bonds is 1. The highest BCUT2D eigenvalue weighted by Gasteiger charge is 2.39. The van der Waals surface area contributed by atoms with Crippen LogP contribution in [-0.2, 0) is 9.53 Å². The zero-order valence-corrected chi connectivity index (χ0v) is 10.1. The van der Waals surface area contributed by atoms with Crippen molar-refractivity contribution in [1.29, 1.82) is 0 Å². The monoisotopic (exact) mass is 226 g/mol. The molecule has 0 aromatic heterocycles. The standard InChI is InChI=1S/C12H22N2O2/c1-10(13)11(15)14-7-4-6-12(9-14)5-2-3-8-16-12/h10H,2-9,13H2,1H3/t10-,12-/m1/s1. The van der Waals surface area contributed by atoms with Crippen molar-refractivity contribution in [2.75, 3.05) is 19.7 Å². The summed E-state index contributed by atoms with van der Waals surface area (Å²) >= 11 is 0. The summed E-state index contributed by atoms with van der Waals surface area (Å²) in [6.45, 7) is 4.18. The number of ether oxygens (including phenoxy) is 1. The smallest absolute Gasteiger partial charge is 0.239 e. The Morgan fingerprint density at radius 3 is 2.75 bits per heavy atom. The highest BCUT2D eigenvalue weighted by atomic mass is 16.5. The van der Waals surface area contributed by atoms with E-state index in [2.05, 4.69) is 0 Å². The number of likely N-dealkylation sites (tertiary alicyclic amines) is 1. The van der Waals surface area contributed by atoms with Crippen LogP contribution in [0.15, 0.2) is 0 Å². The molecule has 4 heteroatoms. The molecule has 92 valence electrons. The molecule has 2 heterocycles. The van der Waals surface area contributed by atoms with Crippen LogP contribution < -0.4 is 5.73 Å². The summed E-state index contributed by atoms with van der Waals surface area (Å²) < 4.78 is 5.93. The van der Waals surface area contributed by atoms with E-state index in [-0.39, 0.29) is 11.5 Å². The van der Waals surface area contributed by atoms with Gasteiger partial charge in [-0.3, -0.25) is 4.79 Å². The van der Waals surface area contributed by atoms with E-state index < -0.39 is 6.04 Å². The molecule has 0 aromatic rings. The average Bonchev–Trinajstić information content (AvgIpc) is 2.29. The largest absolute Gasteiger partial charge is 0.373 e.